The SMILES string of the molecule is COCCOc1ccc(C(=O)N2CCN(CCC#N)CC2)cc1. The number of carbonyl (C=O) groups is 1. The van der Waals surface area contributed by atoms with Crippen LogP contribution in [0.15, 0.2) is 24.3 Å². The van der Waals surface area contributed by atoms with E-state index in [0.717, 1.165) is 25.4 Å². The maximum absolute atomic E-state index is 12.5. The van der Waals surface area contributed by atoms with Crippen LogP contribution in [0.1, 0.15) is 16.8 Å². The average molecular weight is 317 g/mol. The van der Waals surface area contributed by atoms with Crippen LogP contribution in [0.3, 0.4) is 0 Å². The minimum Gasteiger partial charge on any atom is -0.491 e. The van der Waals surface area contributed by atoms with Gasteiger partial charge in [-0.05, 0) is 24.3 Å². The molecule has 1 aromatic carbocycles. The summed E-state index contributed by atoms with van der Waals surface area (Å²) in [5.41, 5.74) is 0.676. The van der Waals surface area contributed by atoms with Gasteiger partial charge in [-0.15, -0.1) is 0 Å². The highest BCUT2D eigenvalue weighted by Gasteiger charge is 2.21. The van der Waals surface area contributed by atoms with Crippen molar-refractivity contribution < 1.29 is 14.3 Å². The highest BCUT2D eigenvalue weighted by atomic mass is 16.5. The maximum atomic E-state index is 12.5. The molecule has 0 radical (unpaired) electrons. The van der Waals surface area contributed by atoms with Gasteiger partial charge in [0.1, 0.15) is 12.4 Å². The first kappa shape index (κ1) is 17.3. The Labute approximate surface area is 137 Å². The number of methoxy groups -OCH3 is 1. The molecule has 6 nitrogen and oxygen atoms in total. The first-order valence-electron chi connectivity index (χ1n) is 7.85. The number of nitriles is 1. The molecule has 23 heavy (non-hydrogen) atoms. The summed E-state index contributed by atoms with van der Waals surface area (Å²) in [6, 6.07) is 9.38. The van der Waals surface area contributed by atoms with Crippen LogP contribution in [0.5, 0.6) is 5.75 Å². The molecule has 1 aromatic rings. The number of hydrogen-bond donors (Lipinski definition) is 0. The third-order valence-electron chi connectivity index (χ3n) is 3.86. The predicted molar refractivity (Wildman–Crippen MR) is 86.4 cm³/mol. The van der Waals surface area contributed by atoms with E-state index >= 15 is 0 Å². The molecule has 1 amide bonds. The predicted octanol–water partition coefficient (Wildman–Crippen LogP) is 1.38. The topological polar surface area (TPSA) is 65.8 Å². The van der Waals surface area contributed by atoms with E-state index in [4.69, 9.17) is 14.7 Å². The van der Waals surface area contributed by atoms with Crippen LogP contribution in [0.25, 0.3) is 0 Å². The molecule has 6 heteroatoms. The number of piperazine rings is 1. The Morgan fingerprint density at radius 2 is 1.87 bits per heavy atom. The number of carbonyl (C=O) groups excluding carboxylic acids is 1. The van der Waals surface area contributed by atoms with Crippen molar-refractivity contribution in [2.45, 2.75) is 6.42 Å². The van der Waals surface area contributed by atoms with Crippen molar-refractivity contribution in [2.24, 2.45) is 0 Å². The fourth-order valence-electron chi connectivity index (χ4n) is 2.50. The first-order valence-corrected chi connectivity index (χ1v) is 7.85. The third kappa shape index (κ3) is 5.23. The van der Waals surface area contributed by atoms with Gasteiger partial charge in [0, 0.05) is 51.8 Å². The average Bonchev–Trinajstić information content (AvgIpc) is 2.61. The molecule has 0 spiro atoms. The second-order valence-electron chi connectivity index (χ2n) is 5.41. The van der Waals surface area contributed by atoms with E-state index in [9.17, 15) is 4.79 Å². The number of nitrogens with zero attached hydrogens (tertiary/aromatic N) is 3. The fourth-order valence-corrected chi connectivity index (χ4v) is 2.50. The van der Waals surface area contributed by atoms with Gasteiger partial charge in [-0.2, -0.15) is 5.26 Å². The lowest BCUT2D eigenvalue weighted by molar-refractivity contribution is 0.0639. The monoisotopic (exact) mass is 317 g/mol. The lowest BCUT2D eigenvalue weighted by Crippen LogP contribution is -2.48. The molecule has 0 N–H and O–H groups in total. The van der Waals surface area contributed by atoms with Gasteiger partial charge in [-0.25, -0.2) is 0 Å². The maximum Gasteiger partial charge on any atom is 0.253 e. The molecule has 0 bridgehead atoms. The van der Waals surface area contributed by atoms with Crippen molar-refractivity contribution in [3.8, 4) is 11.8 Å². The highest BCUT2D eigenvalue weighted by molar-refractivity contribution is 5.94. The Balaban J connectivity index is 1.83. The molecular formula is C17H23N3O3. The summed E-state index contributed by atoms with van der Waals surface area (Å²) >= 11 is 0. The molecule has 1 heterocycles. The number of benzene rings is 1. The molecule has 1 aliphatic heterocycles. The summed E-state index contributed by atoms with van der Waals surface area (Å²) in [5, 5.41) is 8.62. The zero-order valence-electron chi connectivity index (χ0n) is 13.5. The molecule has 0 unspecified atom stereocenters. The van der Waals surface area contributed by atoms with Crippen LogP contribution in [0, 0.1) is 11.3 Å². The van der Waals surface area contributed by atoms with Crippen LogP contribution >= 0.6 is 0 Å². The van der Waals surface area contributed by atoms with E-state index in [1.807, 2.05) is 17.0 Å². The smallest absolute Gasteiger partial charge is 0.253 e. The highest BCUT2D eigenvalue weighted by Crippen LogP contribution is 2.15. The van der Waals surface area contributed by atoms with E-state index in [1.165, 1.54) is 0 Å². The first-order chi connectivity index (χ1) is 11.2. The molecule has 1 aliphatic rings. The zero-order valence-corrected chi connectivity index (χ0v) is 13.5. The summed E-state index contributed by atoms with van der Waals surface area (Å²) in [7, 11) is 1.63. The molecule has 0 aromatic heterocycles. The lowest BCUT2D eigenvalue weighted by atomic mass is 10.1. The van der Waals surface area contributed by atoms with E-state index in [-0.39, 0.29) is 5.91 Å². The summed E-state index contributed by atoms with van der Waals surface area (Å²) in [5.74, 6) is 0.785. The van der Waals surface area contributed by atoms with E-state index < -0.39 is 0 Å². The van der Waals surface area contributed by atoms with Gasteiger partial charge in [0.05, 0.1) is 12.7 Å². The standard InChI is InChI=1S/C17H23N3O3/c1-22-13-14-23-16-5-3-15(4-6-16)17(21)20-11-9-19(10-12-20)8-2-7-18/h3-6H,2,8-14H2,1H3. The molecular weight excluding hydrogens is 294 g/mol. The molecule has 1 fully saturated rings. The molecule has 2 rings (SSSR count). The quantitative estimate of drug-likeness (QED) is 0.711. The molecule has 124 valence electrons. The number of rotatable bonds is 7. The number of amides is 1. The van der Waals surface area contributed by atoms with Crippen molar-refractivity contribution in [3.05, 3.63) is 29.8 Å². The van der Waals surface area contributed by atoms with E-state index in [2.05, 4.69) is 11.0 Å². The molecule has 0 aliphatic carbocycles. The Hall–Kier alpha value is -2.10. The van der Waals surface area contributed by atoms with Crippen LogP contribution in [-0.2, 0) is 4.74 Å². The summed E-state index contributed by atoms with van der Waals surface area (Å²) in [6.45, 7) is 4.88. The van der Waals surface area contributed by atoms with Crippen LogP contribution < -0.4 is 4.74 Å². The second-order valence-corrected chi connectivity index (χ2v) is 5.41. The number of ether oxygens (including phenoxy) is 2. The van der Waals surface area contributed by atoms with Gasteiger partial charge in [0.25, 0.3) is 5.91 Å². The zero-order chi connectivity index (χ0) is 16.5. The second kappa shape index (κ2) is 9.13. The fraction of sp³-hybridized carbons (Fsp3) is 0.529. The van der Waals surface area contributed by atoms with E-state index in [0.29, 0.717) is 38.3 Å². The summed E-state index contributed by atoms with van der Waals surface area (Å²) < 4.78 is 10.4. The van der Waals surface area contributed by atoms with Crippen LogP contribution in [0.2, 0.25) is 0 Å². The van der Waals surface area contributed by atoms with Crippen molar-refractivity contribution in [3.63, 3.8) is 0 Å². The van der Waals surface area contributed by atoms with Crippen molar-refractivity contribution >= 4 is 5.91 Å². The van der Waals surface area contributed by atoms with Crippen molar-refractivity contribution in [1.29, 1.82) is 5.26 Å². The Morgan fingerprint density at radius 1 is 1.17 bits per heavy atom. The minimum atomic E-state index is 0.0494. The van der Waals surface area contributed by atoms with Gasteiger partial charge in [0.2, 0.25) is 0 Å². The van der Waals surface area contributed by atoms with Gasteiger partial charge in [-0.3, -0.25) is 9.69 Å². The Kier molecular flexibility index (Phi) is 6.85. The van der Waals surface area contributed by atoms with Gasteiger partial charge < -0.3 is 14.4 Å². The van der Waals surface area contributed by atoms with Gasteiger partial charge in [-0.1, -0.05) is 0 Å². The van der Waals surface area contributed by atoms with Gasteiger partial charge >= 0.3 is 0 Å². The summed E-state index contributed by atoms with van der Waals surface area (Å²) in [6.07, 6.45) is 0.540. The van der Waals surface area contributed by atoms with E-state index in [1.54, 1.807) is 19.2 Å². The van der Waals surface area contributed by atoms with Crippen molar-refractivity contribution in [1.82, 2.24) is 9.80 Å². The third-order valence-corrected chi connectivity index (χ3v) is 3.86. The molecule has 1 saturated heterocycles. The van der Waals surface area contributed by atoms with Crippen molar-refractivity contribution in [2.75, 3.05) is 53.0 Å². The lowest BCUT2D eigenvalue weighted by Gasteiger charge is -2.34. The molecule has 0 atom stereocenters. The van der Waals surface area contributed by atoms with Gasteiger partial charge in [0.15, 0.2) is 0 Å². The van der Waals surface area contributed by atoms with Crippen LogP contribution in [-0.4, -0.2) is 68.8 Å². The Bertz CT molecular complexity index is 531. The minimum absolute atomic E-state index is 0.0494. The summed E-state index contributed by atoms with van der Waals surface area (Å²) in [4.78, 5) is 16.6. The largest absolute Gasteiger partial charge is 0.491 e. The normalized spacial score (nSPS) is 15.2. The molecule has 0 saturated carbocycles. The number of hydrogen-bond acceptors (Lipinski definition) is 5. The van der Waals surface area contributed by atoms with Crippen LogP contribution in [0.4, 0.5) is 0 Å². The Morgan fingerprint density at radius 3 is 2.48 bits per heavy atom.